The molecule has 4 N–H and O–H groups in total. The van der Waals surface area contributed by atoms with Crippen molar-refractivity contribution in [3.05, 3.63) is 39.6 Å². The highest BCUT2D eigenvalue weighted by Crippen LogP contribution is 2.25. The molecule has 1 unspecified atom stereocenters. The van der Waals surface area contributed by atoms with Gasteiger partial charge in [-0.3, -0.25) is 29.5 Å². The molecule has 0 fully saturated rings. The fraction of sp³-hybridized carbons (Fsp3) is 0.538. The number of esters is 2. The summed E-state index contributed by atoms with van der Waals surface area (Å²) in [5.74, 6) is -0.804. The van der Waals surface area contributed by atoms with Gasteiger partial charge < -0.3 is 24.5 Å². The number of hydrogen-bond donors (Lipinski definition) is 4. The van der Waals surface area contributed by atoms with E-state index in [2.05, 4.69) is 30.7 Å². The van der Waals surface area contributed by atoms with E-state index in [9.17, 15) is 24.0 Å². The summed E-state index contributed by atoms with van der Waals surface area (Å²) in [6.07, 6.45) is 1.64. The Labute approximate surface area is 225 Å². The molecule has 13 nitrogen and oxygen atoms in total. The number of nitrogens with zero attached hydrogens (tertiary/aromatic N) is 1. The van der Waals surface area contributed by atoms with Gasteiger partial charge in [0, 0.05) is 24.8 Å². The van der Waals surface area contributed by atoms with Gasteiger partial charge in [-0.2, -0.15) is 4.98 Å². The standard InChI is InChI=1S/C26H35N5O8/c1-26(2,3)24(36)31-25-29-20-16(21(33)30-25)12-14(13-27-20)6-7-15-8-10-18(39-15)22(34)28-17(23(35)38-5)9-11-19(32)37-4/h8,10,14,17H,6-7,9,11-13H2,1-5H3,(H,28,34)(H3,27,29,30,31,33,36)/t14?,17-/m0/s1. The molecule has 1 aliphatic heterocycles. The van der Waals surface area contributed by atoms with Crippen molar-refractivity contribution in [2.24, 2.45) is 11.3 Å². The first-order chi connectivity index (χ1) is 18.4. The number of methoxy groups -OCH3 is 2. The first kappa shape index (κ1) is 29.4. The zero-order chi connectivity index (χ0) is 28.7. The topological polar surface area (TPSA) is 182 Å². The van der Waals surface area contributed by atoms with Crippen molar-refractivity contribution < 1.29 is 33.1 Å². The number of fused-ring (bicyclic) bond motifs is 1. The minimum absolute atomic E-state index is 0.0211. The van der Waals surface area contributed by atoms with Crippen molar-refractivity contribution in [3.63, 3.8) is 0 Å². The molecule has 0 saturated heterocycles. The SMILES string of the molecule is COC(=O)CC[C@H](NC(=O)c1ccc(CCC2CNc3nc(NC(=O)C(C)(C)C)[nH]c(=O)c3C2)o1)C(=O)OC. The molecule has 3 heterocycles. The maximum absolute atomic E-state index is 12.7. The van der Waals surface area contributed by atoms with E-state index in [4.69, 9.17) is 9.15 Å². The molecule has 0 saturated carbocycles. The summed E-state index contributed by atoms with van der Waals surface area (Å²) in [7, 11) is 2.43. The first-order valence-corrected chi connectivity index (χ1v) is 12.6. The second-order valence-electron chi connectivity index (χ2n) is 10.4. The second-order valence-corrected chi connectivity index (χ2v) is 10.4. The van der Waals surface area contributed by atoms with Crippen LogP contribution in [0.5, 0.6) is 0 Å². The van der Waals surface area contributed by atoms with Gasteiger partial charge in [-0.05, 0) is 37.3 Å². The predicted octanol–water partition coefficient (Wildman–Crippen LogP) is 1.79. The molecular formula is C26H35N5O8. The van der Waals surface area contributed by atoms with Gasteiger partial charge in [0.05, 0.1) is 19.8 Å². The average molecular weight is 546 g/mol. The Morgan fingerprint density at radius 1 is 1.18 bits per heavy atom. The number of aromatic nitrogens is 2. The summed E-state index contributed by atoms with van der Waals surface area (Å²) in [6.45, 7) is 5.87. The summed E-state index contributed by atoms with van der Waals surface area (Å²) in [5.41, 5.74) is -0.432. The lowest BCUT2D eigenvalue weighted by Gasteiger charge is -2.25. The Kier molecular flexibility index (Phi) is 9.49. The van der Waals surface area contributed by atoms with E-state index >= 15 is 0 Å². The van der Waals surface area contributed by atoms with Crippen molar-refractivity contribution >= 4 is 35.5 Å². The maximum Gasteiger partial charge on any atom is 0.328 e. The molecule has 0 bridgehead atoms. The van der Waals surface area contributed by atoms with Gasteiger partial charge in [0.2, 0.25) is 11.9 Å². The van der Waals surface area contributed by atoms with E-state index in [0.29, 0.717) is 42.9 Å². The zero-order valence-electron chi connectivity index (χ0n) is 22.8. The number of amides is 2. The lowest BCUT2D eigenvalue weighted by molar-refractivity contribution is -0.144. The Hall–Kier alpha value is -4.16. The van der Waals surface area contributed by atoms with Crippen LogP contribution in [0.15, 0.2) is 21.3 Å². The molecule has 212 valence electrons. The molecule has 2 aromatic heterocycles. The summed E-state index contributed by atoms with van der Waals surface area (Å²) in [5, 5.41) is 8.34. The molecule has 3 rings (SSSR count). The number of nitrogens with one attached hydrogen (secondary N) is 4. The second kappa shape index (κ2) is 12.6. The van der Waals surface area contributed by atoms with Crippen LogP contribution in [0.1, 0.15) is 61.9 Å². The van der Waals surface area contributed by atoms with E-state index in [-0.39, 0.29) is 41.9 Å². The van der Waals surface area contributed by atoms with Gasteiger partial charge in [0.15, 0.2) is 5.76 Å². The van der Waals surface area contributed by atoms with Crippen LogP contribution in [0.3, 0.4) is 0 Å². The van der Waals surface area contributed by atoms with Gasteiger partial charge in [0.1, 0.15) is 17.6 Å². The molecule has 13 heteroatoms. The molecule has 2 aromatic rings. The number of aryl methyl sites for hydroxylation is 1. The largest absolute Gasteiger partial charge is 0.469 e. The third kappa shape index (κ3) is 7.91. The highest BCUT2D eigenvalue weighted by Gasteiger charge is 2.27. The maximum atomic E-state index is 12.7. The molecule has 2 amide bonds. The minimum atomic E-state index is -1.03. The van der Waals surface area contributed by atoms with Crippen molar-refractivity contribution in [1.29, 1.82) is 0 Å². The van der Waals surface area contributed by atoms with Gasteiger partial charge in [-0.1, -0.05) is 20.8 Å². The van der Waals surface area contributed by atoms with E-state index in [1.54, 1.807) is 26.8 Å². The first-order valence-electron chi connectivity index (χ1n) is 12.6. The molecule has 0 spiro atoms. The van der Waals surface area contributed by atoms with Crippen LogP contribution < -0.4 is 21.5 Å². The molecule has 2 atom stereocenters. The monoisotopic (exact) mass is 545 g/mol. The number of carbonyl (C=O) groups is 4. The lowest BCUT2D eigenvalue weighted by atomic mass is 9.92. The smallest absolute Gasteiger partial charge is 0.328 e. The third-order valence-electron chi connectivity index (χ3n) is 6.32. The molecule has 0 aliphatic carbocycles. The van der Waals surface area contributed by atoms with E-state index < -0.39 is 29.3 Å². The minimum Gasteiger partial charge on any atom is -0.469 e. The molecule has 39 heavy (non-hydrogen) atoms. The lowest BCUT2D eigenvalue weighted by Crippen LogP contribution is -2.41. The number of anilines is 2. The summed E-state index contributed by atoms with van der Waals surface area (Å²) < 4.78 is 15.0. The van der Waals surface area contributed by atoms with E-state index in [1.807, 2.05) is 0 Å². The number of hydrogen-bond acceptors (Lipinski definition) is 10. The van der Waals surface area contributed by atoms with Crippen LogP contribution in [0, 0.1) is 11.3 Å². The number of aromatic amines is 1. The molecule has 0 aromatic carbocycles. The summed E-state index contributed by atoms with van der Waals surface area (Å²) in [6, 6.07) is 2.16. The van der Waals surface area contributed by atoms with Gasteiger partial charge in [-0.15, -0.1) is 0 Å². The Morgan fingerprint density at radius 2 is 1.92 bits per heavy atom. The Morgan fingerprint density at radius 3 is 2.59 bits per heavy atom. The van der Waals surface area contributed by atoms with Crippen LogP contribution in [-0.4, -0.2) is 60.5 Å². The van der Waals surface area contributed by atoms with Crippen molar-refractivity contribution in [2.45, 2.75) is 58.9 Å². The van der Waals surface area contributed by atoms with Crippen molar-refractivity contribution in [3.8, 4) is 0 Å². The van der Waals surface area contributed by atoms with E-state index in [0.717, 1.165) is 0 Å². The van der Waals surface area contributed by atoms with E-state index in [1.165, 1.54) is 20.3 Å². The van der Waals surface area contributed by atoms with Crippen LogP contribution in [0.2, 0.25) is 0 Å². The van der Waals surface area contributed by atoms with Gasteiger partial charge in [-0.25, -0.2) is 4.79 Å². The quantitative estimate of drug-likeness (QED) is 0.321. The Bertz CT molecular complexity index is 1280. The zero-order valence-corrected chi connectivity index (χ0v) is 22.8. The highest BCUT2D eigenvalue weighted by atomic mass is 16.5. The van der Waals surface area contributed by atoms with Gasteiger partial charge in [0.25, 0.3) is 11.5 Å². The number of H-pyrrole nitrogens is 1. The fourth-order valence-corrected chi connectivity index (χ4v) is 3.96. The highest BCUT2D eigenvalue weighted by molar-refractivity contribution is 5.94. The molecule has 1 aliphatic rings. The van der Waals surface area contributed by atoms with Gasteiger partial charge >= 0.3 is 11.9 Å². The van der Waals surface area contributed by atoms with Crippen molar-refractivity contribution in [1.82, 2.24) is 15.3 Å². The summed E-state index contributed by atoms with van der Waals surface area (Å²) >= 11 is 0. The van der Waals surface area contributed by atoms with Crippen LogP contribution in [0.25, 0.3) is 0 Å². The Balaban J connectivity index is 1.56. The van der Waals surface area contributed by atoms with Crippen LogP contribution in [-0.2, 0) is 36.7 Å². The molecular weight excluding hydrogens is 510 g/mol. The van der Waals surface area contributed by atoms with Crippen molar-refractivity contribution in [2.75, 3.05) is 31.4 Å². The number of rotatable bonds is 10. The third-order valence-corrected chi connectivity index (χ3v) is 6.32. The average Bonchev–Trinajstić information content (AvgIpc) is 3.38. The molecule has 0 radical (unpaired) electrons. The number of furan rings is 1. The fourth-order valence-electron chi connectivity index (χ4n) is 3.96. The normalized spacial score (nSPS) is 15.4. The number of carbonyl (C=O) groups excluding carboxylic acids is 4. The predicted molar refractivity (Wildman–Crippen MR) is 140 cm³/mol. The van der Waals surface area contributed by atoms with Crippen LogP contribution >= 0.6 is 0 Å². The number of ether oxygens (including phenoxy) is 2. The van der Waals surface area contributed by atoms with Crippen LogP contribution in [0.4, 0.5) is 11.8 Å². The summed E-state index contributed by atoms with van der Waals surface area (Å²) in [4.78, 5) is 67.9.